The topological polar surface area (TPSA) is 46.3 Å². The van der Waals surface area contributed by atoms with Gasteiger partial charge in [-0.3, -0.25) is 4.79 Å². The lowest BCUT2D eigenvalue weighted by Crippen LogP contribution is -2.50. The molecular weight excluding hydrogens is 224 g/mol. The van der Waals surface area contributed by atoms with Crippen molar-refractivity contribution in [3.8, 4) is 0 Å². The molecule has 0 unspecified atom stereocenters. The summed E-state index contributed by atoms with van der Waals surface area (Å²) in [5.74, 6) is 1.14. The van der Waals surface area contributed by atoms with E-state index in [9.17, 15) is 4.79 Å². The quantitative estimate of drug-likeness (QED) is 0.789. The Morgan fingerprint density at radius 1 is 1.28 bits per heavy atom. The van der Waals surface area contributed by atoms with Gasteiger partial charge in [0.2, 0.25) is 5.91 Å². The lowest BCUT2D eigenvalue weighted by atomic mass is 9.73. The number of carbonyl (C=O) groups excluding carboxylic acids is 1. The van der Waals surface area contributed by atoms with Crippen LogP contribution >= 0.6 is 0 Å². The van der Waals surface area contributed by atoms with E-state index in [0.717, 1.165) is 38.3 Å². The molecule has 2 rings (SSSR count). The van der Waals surface area contributed by atoms with E-state index in [0.29, 0.717) is 12.5 Å². The van der Waals surface area contributed by atoms with Crippen molar-refractivity contribution in [3.63, 3.8) is 0 Å². The van der Waals surface area contributed by atoms with E-state index in [4.69, 9.17) is 5.73 Å². The highest BCUT2D eigenvalue weighted by atomic mass is 16.2. The van der Waals surface area contributed by atoms with Gasteiger partial charge in [0.05, 0.1) is 5.41 Å². The normalized spacial score (nSPS) is 22.8. The number of nitrogens with two attached hydrogens (primary N) is 1. The Balaban J connectivity index is 2.03. The molecule has 0 bridgehead atoms. The minimum absolute atomic E-state index is 0.220. The molecule has 104 valence electrons. The molecule has 2 aliphatic rings. The first-order valence-corrected chi connectivity index (χ1v) is 7.71. The maximum atomic E-state index is 12.9. The monoisotopic (exact) mass is 252 g/mol. The summed E-state index contributed by atoms with van der Waals surface area (Å²) in [6.07, 6.45) is 9.30. The number of hydrogen-bond donors (Lipinski definition) is 1. The second kappa shape index (κ2) is 6.05. The van der Waals surface area contributed by atoms with Crippen LogP contribution in [0.3, 0.4) is 0 Å². The van der Waals surface area contributed by atoms with Gasteiger partial charge >= 0.3 is 0 Å². The summed E-state index contributed by atoms with van der Waals surface area (Å²) in [5.41, 5.74) is 5.75. The van der Waals surface area contributed by atoms with Gasteiger partial charge in [-0.25, -0.2) is 0 Å². The minimum atomic E-state index is -0.220. The van der Waals surface area contributed by atoms with Crippen molar-refractivity contribution in [1.29, 1.82) is 0 Å². The van der Waals surface area contributed by atoms with Gasteiger partial charge in [-0.2, -0.15) is 0 Å². The second-order valence-corrected chi connectivity index (χ2v) is 6.24. The van der Waals surface area contributed by atoms with Gasteiger partial charge in [0.1, 0.15) is 0 Å². The van der Waals surface area contributed by atoms with E-state index < -0.39 is 0 Å². The lowest BCUT2D eigenvalue weighted by Gasteiger charge is -2.39. The number of amides is 1. The van der Waals surface area contributed by atoms with Crippen molar-refractivity contribution >= 4 is 5.91 Å². The van der Waals surface area contributed by atoms with E-state index in [-0.39, 0.29) is 5.41 Å². The standard InChI is InChI=1S/C15H28N2O/c1-2-10-17(11-13-6-7-13)14(18)15(12-16)8-4-3-5-9-15/h13H,2-12,16H2,1H3. The van der Waals surface area contributed by atoms with Crippen LogP contribution in [0, 0.1) is 11.3 Å². The van der Waals surface area contributed by atoms with Crippen molar-refractivity contribution in [2.45, 2.75) is 58.3 Å². The van der Waals surface area contributed by atoms with Crippen molar-refractivity contribution in [2.75, 3.05) is 19.6 Å². The zero-order chi connectivity index (χ0) is 13.0. The van der Waals surface area contributed by atoms with E-state index in [1.807, 2.05) is 0 Å². The molecule has 18 heavy (non-hydrogen) atoms. The van der Waals surface area contributed by atoms with Crippen LogP contribution in [0.2, 0.25) is 0 Å². The highest BCUT2D eigenvalue weighted by molar-refractivity contribution is 5.83. The fraction of sp³-hybridized carbons (Fsp3) is 0.933. The molecule has 2 saturated carbocycles. The van der Waals surface area contributed by atoms with Gasteiger partial charge in [-0.1, -0.05) is 26.2 Å². The predicted molar refractivity (Wildman–Crippen MR) is 74.2 cm³/mol. The van der Waals surface area contributed by atoms with Crippen LogP contribution in [-0.2, 0) is 4.79 Å². The van der Waals surface area contributed by atoms with Crippen molar-refractivity contribution in [3.05, 3.63) is 0 Å². The molecule has 0 radical (unpaired) electrons. The fourth-order valence-corrected chi connectivity index (χ4v) is 3.23. The molecular formula is C15H28N2O. The molecule has 0 atom stereocenters. The van der Waals surface area contributed by atoms with Crippen LogP contribution < -0.4 is 5.73 Å². The Kier molecular flexibility index (Phi) is 4.66. The Labute approximate surface area is 111 Å². The van der Waals surface area contributed by atoms with Gasteiger partial charge in [0.25, 0.3) is 0 Å². The first-order valence-electron chi connectivity index (χ1n) is 7.71. The second-order valence-electron chi connectivity index (χ2n) is 6.24. The molecule has 0 aromatic carbocycles. The molecule has 3 nitrogen and oxygen atoms in total. The number of carbonyl (C=O) groups is 1. The maximum Gasteiger partial charge on any atom is 0.230 e. The van der Waals surface area contributed by atoms with Gasteiger partial charge in [0.15, 0.2) is 0 Å². The van der Waals surface area contributed by atoms with E-state index in [1.54, 1.807) is 0 Å². The van der Waals surface area contributed by atoms with Crippen LogP contribution in [0.15, 0.2) is 0 Å². The van der Waals surface area contributed by atoms with Crippen LogP contribution in [-0.4, -0.2) is 30.4 Å². The van der Waals surface area contributed by atoms with Gasteiger partial charge < -0.3 is 10.6 Å². The van der Waals surface area contributed by atoms with E-state index in [1.165, 1.54) is 32.1 Å². The predicted octanol–water partition coefficient (Wildman–Crippen LogP) is 2.54. The minimum Gasteiger partial charge on any atom is -0.342 e. The summed E-state index contributed by atoms with van der Waals surface area (Å²) in [6.45, 7) is 4.59. The highest BCUT2D eigenvalue weighted by Crippen LogP contribution is 2.38. The first-order chi connectivity index (χ1) is 8.72. The summed E-state index contributed by atoms with van der Waals surface area (Å²) < 4.78 is 0. The summed E-state index contributed by atoms with van der Waals surface area (Å²) in [5, 5.41) is 0. The number of nitrogens with zero attached hydrogens (tertiary/aromatic N) is 1. The third kappa shape index (κ3) is 3.05. The Morgan fingerprint density at radius 2 is 1.94 bits per heavy atom. The van der Waals surface area contributed by atoms with Gasteiger partial charge in [-0.05, 0) is 38.0 Å². The van der Waals surface area contributed by atoms with Crippen molar-refractivity contribution in [2.24, 2.45) is 17.1 Å². The van der Waals surface area contributed by atoms with E-state index >= 15 is 0 Å². The Hall–Kier alpha value is -0.570. The fourth-order valence-electron chi connectivity index (χ4n) is 3.23. The number of hydrogen-bond acceptors (Lipinski definition) is 2. The molecule has 0 spiro atoms. The average molecular weight is 252 g/mol. The highest BCUT2D eigenvalue weighted by Gasteiger charge is 2.41. The summed E-state index contributed by atoms with van der Waals surface area (Å²) >= 11 is 0. The molecule has 0 aliphatic heterocycles. The zero-order valence-electron chi connectivity index (χ0n) is 11.8. The molecule has 1 amide bonds. The smallest absolute Gasteiger partial charge is 0.230 e. The SMILES string of the molecule is CCCN(CC1CC1)C(=O)C1(CN)CCCCC1. The molecule has 2 aliphatic carbocycles. The largest absolute Gasteiger partial charge is 0.342 e. The molecule has 0 aromatic heterocycles. The van der Waals surface area contributed by atoms with Gasteiger partial charge in [-0.15, -0.1) is 0 Å². The third-order valence-corrected chi connectivity index (χ3v) is 4.61. The molecule has 2 fully saturated rings. The third-order valence-electron chi connectivity index (χ3n) is 4.61. The molecule has 0 saturated heterocycles. The maximum absolute atomic E-state index is 12.9. The molecule has 3 heteroatoms. The Bertz CT molecular complexity index is 280. The zero-order valence-corrected chi connectivity index (χ0v) is 11.8. The first kappa shape index (κ1) is 13.9. The number of rotatable bonds is 6. The lowest BCUT2D eigenvalue weighted by molar-refractivity contribution is -0.144. The van der Waals surface area contributed by atoms with E-state index in [2.05, 4.69) is 11.8 Å². The van der Waals surface area contributed by atoms with Crippen molar-refractivity contribution in [1.82, 2.24) is 4.90 Å². The molecule has 2 N–H and O–H groups in total. The molecule has 0 heterocycles. The summed E-state index contributed by atoms with van der Waals surface area (Å²) in [7, 11) is 0. The van der Waals surface area contributed by atoms with Crippen molar-refractivity contribution < 1.29 is 4.79 Å². The Morgan fingerprint density at radius 3 is 2.44 bits per heavy atom. The van der Waals surface area contributed by atoms with Gasteiger partial charge in [0, 0.05) is 19.6 Å². The van der Waals surface area contributed by atoms with Crippen LogP contribution in [0.1, 0.15) is 58.3 Å². The molecule has 0 aromatic rings. The van der Waals surface area contributed by atoms with Crippen LogP contribution in [0.4, 0.5) is 0 Å². The van der Waals surface area contributed by atoms with Crippen LogP contribution in [0.25, 0.3) is 0 Å². The van der Waals surface area contributed by atoms with Crippen LogP contribution in [0.5, 0.6) is 0 Å². The average Bonchev–Trinajstić information content (AvgIpc) is 3.22. The summed E-state index contributed by atoms with van der Waals surface area (Å²) in [6, 6.07) is 0. The summed E-state index contributed by atoms with van der Waals surface area (Å²) in [4.78, 5) is 15.0.